The standard InChI is InChI=1S/C21H21ClN4O2.C21H19ClN4O.C11H12ClN3.C10H10N2O.C9H10ClNO.C9H8N2O2.C8H8ClNO.C7H6ClNO2.CH4/c1-13-10-18(26(25-13)17-5-3-4-16(22)11-17)7-9-20(27)14(2)15-6-8-19(21(23)28)24-12-15;1-14-10-20(26(25-14)19-5-3-4-17(22)11-19)8-9-21(27)15(2)16-6-7-18(12-23)24-13-16;1-8-5-11(7-13)15(14-8)10-4-2-3-9(12)6-10;1-7(8(2)13)9-3-4-10(5-11)12-6-9;1-6(7(2)12)8-3-4-9(10)11-5-8;1-6(9(12)13)7-2-3-8(4-10)11-5-7;1-6(11)4-7-2-3-8(9)10-5-7;8-6-2-1-5(4-9-6)3-7(10)11;/h3-6,8,10-12,14H,7,9H2,1-2H3,(H2,23,28);3-7,10-11,13,15H,8-9H2,1-2H3;2-6H,7,13H2,1H3;3-4,6-7H,1-2H3;3-6H,1-2H3;2-3,5-6H,1H3,(H,12,13);2-3,5H,4H2,1H3;1-2,4H,3H2,(H,10,11);1H4. The second-order valence-corrected chi connectivity index (χ2v) is 31.7. The van der Waals surface area contributed by atoms with Crippen molar-refractivity contribution < 1.29 is 48.6 Å². The van der Waals surface area contributed by atoms with Crippen molar-refractivity contribution in [2.45, 2.75) is 158 Å². The fraction of sp³-hybridized carbons (Fsp3) is 0.247. The number of Topliss-reactive ketones (excluding diaryl/α,β-unsaturated/α-hetero) is 5. The predicted octanol–water partition coefficient (Wildman–Crippen LogP) is 19.4. The lowest BCUT2D eigenvalue weighted by Gasteiger charge is -2.12. The third-order valence-electron chi connectivity index (χ3n) is 19.3. The maximum Gasteiger partial charge on any atom is 0.310 e. The summed E-state index contributed by atoms with van der Waals surface area (Å²) in [6.45, 7) is 19.9. The number of carboxylic acid groups (broad SMARTS) is 2. The zero-order valence-electron chi connectivity index (χ0n) is 72.9. The quantitative estimate of drug-likeness (QED) is 0.0386. The van der Waals surface area contributed by atoms with E-state index in [0.717, 1.165) is 79.0 Å². The molecular weight excluding hydrogens is 1790 g/mol. The molecule has 10 heterocycles. The van der Waals surface area contributed by atoms with Crippen molar-refractivity contribution in [1.82, 2.24) is 64.2 Å². The molecule has 0 bridgehead atoms. The molecule has 13 aromatic rings. The number of aliphatic carboxylic acids is 2. The van der Waals surface area contributed by atoms with Gasteiger partial charge in [-0.3, -0.25) is 43.3 Å². The summed E-state index contributed by atoms with van der Waals surface area (Å²) in [6, 6.07) is 57.6. The number of primary amides is 1. The zero-order valence-corrected chi connectivity index (χ0v) is 77.4. The number of nitrogens with two attached hydrogens (primary N) is 2. The summed E-state index contributed by atoms with van der Waals surface area (Å²) in [7, 11) is 0. The Morgan fingerprint density at radius 1 is 0.397 bits per heavy atom. The number of aryl methyl sites for hydroxylation is 5. The molecule has 0 fully saturated rings. The number of carbonyl (C=O) groups excluding carboxylic acids is 6. The van der Waals surface area contributed by atoms with Gasteiger partial charge in [0, 0.05) is 119 Å². The number of amides is 1. The van der Waals surface area contributed by atoms with Gasteiger partial charge in [0.15, 0.2) is 0 Å². The first-order valence-corrected chi connectivity index (χ1v) is 42.4. The van der Waals surface area contributed by atoms with E-state index >= 15 is 0 Å². The lowest BCUT2D eigenvalue weighted by atomic mass is 9.94. The van der Waals surface area contributed by atoms with Crippen LogP contribution in [-0.4, -0.2) is 121 Å². The number of halogens is 6. The van der Waals surface area contributed by atoms with Gasteiger partial charge in [-0.25, -0.2) is 43.9 Å². The summed E-state index contributed by atoms with van der Waals surface area (Å²) in [4.78, 5) is 117. The summed E-state index contributed by atoms with van der Waals surface area (Å²) in [5, 5.41) is 59.5. The van der Waals surface area contributed by atoms with Crippen molar-refractivity contribution in [2.24, 2.45) is 11.5 Å². The fourth-order valence-corrected chi connectivity index (χ4v) is 12.6. The van der Waals surface area contributed by atoms with E-state index in [1.165, 1.54) is 24.7 Å². The molecule has 13 rings (SSSR count). The first kappa shape index (κ1) is 108. The lowest BCUT2D eigenvalue weighted by Crippen LogP contribution is -2.15. The molecule has 28 nitrogen and oxygen atoms in total. The number of pyridine rings is 7. The molecule has 3 aromatic carbocycles. The molecule has 6 N–H and O–H groups in total. The van der Waals surface area contributed by atoms with Gasteiger partial charge in [-0.1, -0.05) is 165 Å². The average Bonchev–Trinajstić information content (AvgIpc) is 1.78. The van der Waals surface area contributed by atoms with E-state index in [2.05, 4.69) is 50.2 Å². The summed E-state index contributed by atoms with van der Waals surface area (Å²) in [6.07, 6.45) is 13.1. The normalized spacial score (nSPS) is 11.3. The minimum absolute atomic E-state index is 0. The Balaban J connectivity index is 0.000000273. The molecule has 131 heavy (non-hydrogen) atoms. The van der Waals surface area contributed by atoms with Gasteiger partial charge in [-0.15, -0.1) is 0 Å². The molecule has 10 aromatic heterocycles. The van der Waals surface area contributed by atoms with Crippen LogP contribution in [-0.2, 0) is 65.8 Å². The molecule has 0 aliphatic carbocycles. The van der Waals surface area contributed by atoms with Gasteiger partial charge in [0.2, 0.25) is 0 Å². The largest absolute Gasteiger partial charge is 0.481 e. The van der Waals surface area contributed by atoms with Crippen LogP contribution in [0.25, 0.3) is 17.1 Å². The monoisotopic (exact) mass is 1880 g/mol. The van der Waals surface area contributed by atoms with Crippen LogP contribution in [0, 0.1) is 54.8 Å². The Morgan fingerprint density at radius 2 is 0.718 bits per heavy atom. The number of carbonyl (C=O) groups is 8. The van der Waals surface area contributed by atoms with Crippen LogP contribution in [0.5, 0.6) is 0 Å². The summed E-state index contributed by atoms with van der Waals surface area (Å²) in [5.74, 6) is -3.17. The number of nitrogens with zero attached hydrogens (tertiary/aromatic N) is 16. The summed E-state index contributed by atoms with van der Waals surface area (Å²) in [5.41, 5.74) is 25.8. The van der Waals surface area contributed by atoms with Crippen molar-refractivity contribution in [3.8, 4) is 35.3 Å². The molecule has 0 radical (unpaired) electrons. The highest BCUT2D eigenvalue weighted by Gasteiger charge is 2.22. The van der Waals surface area contributed by atoms with Gasteiger partial charge in [-0.05, 0) is 216 Å². The number of carboxylic acids is 2. The molecule has 34 heteroatoms. The number of aromatic nitrogens is 13. The first-order chi connectivity index (χ1) is 61.8. The van der Waals surface area contributed by atoms with Crippen molar-refractivity contribution >= 4 is 116 Å². The van der Waals surface area contributed by atoms with E-state index in [9.17, 15) is 38.4 Å². The van der Waals surface area contributed by atoms with Gasteiger partial charge in [0.25, 0.3) is 5.91 Å². The maximum absolute atomic E-state index is 12.7. The van der Waals surface area contributed by atoms with Crippen molar-refractivity contribution in [2.75, 3.05) is 0 Å². The molecule has 0 aliphatic heterocycles. The fourth-order valence-electron chi connectivity index (χ4n) is 11.7. The van der Waals surface area contributed by atoms with E-state index < -0.39 is 23.8 Å². The number of nitriles is 3. The van der Waals surface area contributed by atoms with E-state index in [-0.39, 0.29) is 72.1 Å². The molecule has 0 spiro atoms. The Labute approximate surface area is 790 Å². The van der Waals surface area contributed by atoms with E-state index in [1.807, 2.05) is 178 Å². The summed E-state index contributed by atoms with van der Waals surface area (Å²) >= 11 is 34.7. The second-order valence-electron chi connectivity index (χ2n) is 29.3. The van der Waals surface area contributed by atoms with E-state index in [4.69, 9.17) is 107 Å². The Kier molecular flexibility index (Phi) is 44.9. The highest BCUT2D eigenvalue weighted by Crippen LogP contribution is 2.27. The Bertz CT molecular complexity index is 5990. The van der Waals surface area contributed by atoms with Gasteiger partial charge >= 0.3 is 11.9 Å². The minimum Gasteiger partial charge on any atom is -0.481 e. The van der Waals surface area contributed by atoms with Crippen LogP contribution in [0.2, 0.25) is 30.5 Å². The number of ketones is 5. The van der Waals surface area contributed by atoms with Crippen LogP contribution in [0.4, 0.5) is 0 Å². The van der Waals surface area contributed by atoms with Gasteiger partial charge < -0.3 is 21.7 Å². The molecule has 1 amide bonds. The highest BCUT2D eigenvalue weighted by molar-refractivity contribution is 6.31. The minimum atomic E-state index is -0.897. The SMILES string of the molecule is C.CC(=O)C(C)c1ccc(C#N)nc1.CC(=O)C(C)c1ccc(Cl)nc1.CC(=O)Cc1ccc(Cl)nc1.CC(C(=O)O)c1ccc(C#N)nc1.Cc1cc(CCC(=O)C(C)c2ccc(C#N)nc2)n(-c2cccc(Cl)c2)n1.Cc1cc(CCC(=O)C(C)c2ccc(C(N)=O)nc2)n(-c2cccc(Cl)c2)n1.Cc1cc(CN)n(-c2cccc(Cl)c2)n1.O=C(O)Cc1ccc(Cl)nc1. The Hall–Kier alpha value is -13.7. The number of hydrogen-bond donors (Lipinski definition) is 4. The third-order valence-corrected chi connectivity index (χ3v) is 20.6. The van der Waals surface area contributed by atoms with Crippen LogP contribution in [0.1, 0.15) is 206 Å². The molecule has 678 valence electrons. The lowest BCUT2D eigenvalue weighted by molar-refractivity contribution is -0.138. The summed E-state index contributed by atoms with van der Waals surface area (Å²) < 4.78 is 5.48. The molecule has 5 unspecified atom stereocenters. The second kappa shape index (κ2) is 54.6. The average molecular weight is 1890 g/mol. The molecular formula is C97H98Cl6N18O10. The maximum atomic E-state index is 12.7. The van der Waals surface area contributed by atoms with Crippen LogP contribution >= 0.6 is 69.6 Å². The predicted molar refractivity (Wildman–Crippen MR) is 505 cm³/mol. The smallest absolute Gasteiger partial charge is 0.310 e. The highest BCUT2D eigenvalue weighted by atomic mass is 35.5. The van der Waals surface area contributed by atoms with Gasteiger partial charge in [-0.2, -0.15) is 31.1 Å². The van der Waals surface area contributed by atoms with Crippen LogP contribution < -0.4 is 11.5 Å². The zero-order chi connectivity index (χ0) is 95.8. The molecule has 0 saturated carbocycles. The number of benzene rings is 3. The van der Waals surface area contributed by atoms with Gasteiger partial charge in [0.1, 0.15) is 85.4 Å². The molecule has 5 atom stereocenters. The molecule has 0 saturated heterocycles. The topological polar surface area (TPSA) is 444 Å². The number of rotatable bonds is 25. The molecule has 0 aliphatic rings. The van der Waals surface area contributed by atoms with Crippen molar-refractivity contribution in [1.29, 1.82) is 15.8 Å². The Morgan fingerprint density at radius 3 is 1.00 bits per heavy atom. The van der Waals surface area contributed by atoms with Crippen molar-refractivity contribution in [3.63, 3.8) is 0 Å². The first-order valence-electron chi connectivity index (χ1n) is 40.1. The number of hydrogen-bond acceptors (Lipinski definition) is 22. The van der Waals surface area contributed by atoms with Crippen LogP contribution in [0.3, 0.4) is 0 Å². The van der Waals surface area contributed by atoms with E-state index in [0.29, 0.717) is 97.4 Å². The van der Waals surface area contributed by atoms with Gasteiger partial charge in [0.05, 0.1) is 52.2 Å². The third kappa shape index (κ3) is 36.4. The van der Waals surface area contributed by atoms with Crippen molar-refractivity contribution in [3.05, 3.63) is 346 Å². The van der Waals surface area contributed by atoms with E-state index in [1.54, 1.807) is 125 Å². The van der Waals surface area contributed by atoms with Crippen LogP contribution in [0.15, 0.2) is 219 Å².